The lowest BCUT2D eigenvalue weighted by Crippen LogP contribution is -2.31. The van der Waals surface area contributed by atoms with Gasteiger partial charge in [0, 0.05) is 11.1 Å². The van der Waals surface area contributed by atoms with Gasteiger partial charge >= 0.3 is 0 Å². The maximum atomic E-state index is 12.9. The molecule has 0 saturated carbocycles. The molecule has 1 aliphatic heterocycles. The minimum atomic E-state index is -0.433. The van der Waals surface area contributed by atoms with E-state index in [9.17, 15) is 4.79 Å². The number of hydrogen-bond donors (Lipinski definition) is 1. The van der Waals surface area contributed by atoms with E-state index >= 15 is 0 Å². The van der Waals surface area contributed by atoms with Crippen molar-refractivity contribution in [1.29, 1.82) is 0 Å². The summed E-state index contributed by atoms with van der Waals surface area (Å²) >= 11 is 6.03. The molecule has 0 unspecified atom stereocenters. The fourth-order valence-electron chi connectivity index (χ4n) is 3.21. The smallest absolute Gasteiger partial charge is 0.233 e. The van der Waals surface area contributed by atoms with E-state index in [1.165, 1.54) is 0 Å². The van der Waals surface area contributed by atoms with E-state index in [-0.39, 0.29) is 19.1 Å². The van der Waals surface area contributed by atoms with Gasteiger partial charge in [-0.3, -0.25) is 4.79 Å². The molecule has 0 bridgehead atoms. The average Bonchev–Trinajstić information content (AvgIpc) is 2.75. The summed E-state index contributed by atoms with van der Waals surface area (Å²) in [6, 6.07) is 22.4. The summed E-state index contributed by atoms with van der Waals surface area (Å²) in [5.74, 6) is 7.24. The Morgan fingerprint density at radius 2 is 1.55 bits per heavy atom. The van der Waals surface area contributed by atoms with Crippen molar-refractivity contribution >= 4 is 17.5 Å². The predicted molar refractivity (Wildman–Crippen MR) is 113 cm³/mol. The topological polar surface area (TPSA) is 47.6 Å². The fourth-order valence-corrected chi connectivity index (χ4v) is 3.41. The monoisotopic (exact) mass is 403 g/mol. The van der Waals surface area contributed by atoms with Crippen LogP contribution in [0.4, 0.5) is 0 Å². The fraction of sp³-hybridized carbons (Fsp3) is 0.125. The second-order valence-corrected chi connectivity index (χ2v) is 6.81. The van der Waals surface area contributed by atoms with E-state index < -0.39 is 5.92 Å². The molecule has 0 atom stereocenters. The van der Waals surface area contributed by atoms with Gasteiger partial charge < -0.3 is 14.8 Å². The first-order chi connectivity index (χ1) is 14.2. The Kier molecular flexibility index (Phi) is 5.69. The number of benzene rings is 3. The Balaban J connectivity index is 1.40. The summed E-state index contributed by atoms with van der Waals surface area (Å²) < 4.78 is 11.5. The summed E-state index contributed by atoms with van der Waals surface area (Å²) in [5.41, 5.74) is 1.69. The van der Waals surface area contributed by atoms with Gasteiger partial charge in [0.2, 0.25) is 5.91 Å². The quantitative estimate of drug-likeness (QED) is 0.638. The predicted octanol–water partition coefficient (Wildman–Crippen LogP) is 4.78. The largest absolute Gasteiger partial charge is 0.479 e. The molecule has 4 nitrogen and oxygen atoms in total. The number of rotatable bonds is 4. The third-order valence-corrected chi connectivity index (χ3v) is 4.87. The van der Waals surface area contributed by atoms with Crippen molar-refractivity contribution < 1.29 is 14.3 Å². The van der Waals surface area contributed by atoms with Crippen LogP contribution in [0.25, 0.3) is 0 Å². The summed E-state index contributed by atoms with van der Waals surface area (Å²) in [6.45, 7) is 0.426. The van der Waals surface area contributed by atoms with Gasteiger partial charge in [-0.2, -0.15) is 0 Å². The zero-order valence-corrected chi connectivity index (χ0v) is 16.3. The maximum absolute atomic E-state index is 12.9. The van der Waals surface area contributed by atoms with Crippen molar-refractivity contribution in [2.24, 2.45) is 0 Å². The van der Waals surface area contributed by atoms with Gasteiger partial charge in [0.25, 0.3) is 0 Å². The lowest BCUT2D eigenvalue weighted by atomic mass is 9.87. The van der Waals surface area contributed by atoms with Crippen molar-refractivity contribution in [2.45, 2.75) is 5.92 Å². The molecule has 4 rings (SSSR count). The minimum Gasteiger partial charge on any atom is -0.479 e. The lowest BCUT2D eigenvalue weighted by molar-refractivity contribution is -0.121. The van der Waals surface area contributed by atoms with Gasteiger partial charge in [-0.1, -0.05) is 72.0 Å². The normalized spacial score (nSPS) is 11.9. The van der Waals surface area contributed by atoms with E-state index in [0.717, 1.165) is 11.1 Å². The number of nitrogens with one attached hydrogen (secondary N) is 1. The second-order valence-electron chi connectivity index (χ2n) is 6.40. The number of hydrogen-bond acceptors (Lipinski definition) is 3. The molecular formula is C24H18ClNO3. The van der Waals surface area contributed by atoms with Crippen LogP contribution >= 0.6 is 11.6 Å². The Labute approximate surface area is 174 Å². The molecule has 0 radical (unpaired) electrons. The third-order valence-electron chi connectivity index (χ3n) is 4.55. The van der Waals surface area contributed by atoms with Gasteiger partial charge in [-0.25, -0.2) is 0 Å². The van der Waals surface area contributed by atoms with Crippen LogP contribution in [0.3, 0.4) is 0 Å². The van der Waals surface area contributed by atoms with Crippen LogP contribution in [-0.4, -0.2) is 19.1 Å². The molecule has 0 fully saturated rings. The molecule has 144 valence electrons. The zero-order chi connectivity index (χ0) is 20.1. The van der Waals surface area contributed by atoms with Crippen LogP contribution in [0.5, 0.6) is 17.2 Å². The molecule has 1 heterocycles. The molecule has 0 saturated heterocycles. The molecule has 0 spiro atoms. The molecule has 29 heavy (non-hydrogen) atoms. The van der Waals surface area contributed by atoms with E-state index in [4.69, 9.17) is 21.1 Å². The Bertz CT molecular complexity index is 1050. The van der Waals surface area contributed by atoms with Gasteiger partial charge in [-0.15, -0.1) is 0 Å². The molecule has 0 aliphatic carbocycles. The Morgan fingerprint density at radius 1 is 0.931 bits per heavy atom. The first kappa shape index (κ1) is 18.9. The standard InChI is InChI=1S/C24H18ClNO3/c25-19-11-3-6-14-22(19)28-16-8-7-15-26-24(27)23-17-9-1-4-12-20(17)29-21-13-5-2-10-18(21)23/h1-6,9-14,23H,15-16H2,(H,26,27). The lowest BCUT2D eigenvalue weighted by Gasteiger charge is -2.27. The highest BCUT2D eigenvalue weighted by Gasteiger charge is 2.31. The van der Waals surface area contributed by atoms with Crippen molar-refractivity contribution in [2.75, 3.05) is 13.2 Å². The molecule has 1 N–H and O–H groups in total. The summed E-state index contributed by atoms with van der Waals surface area (Å²) in [5, 5.41) is 3.44. The van der Waals surface area contributed by atoms with E-state index in [1.54, 1.807) is 12.1 Å². The van der Waals surface area contributed by atoms with Gasteiger partial charge in [-0.05, 0) is 24.3 Å². The Hall–Kier alpha value is -3.42. The summed E-state index contributed by atoms with van der Waals surface area (Å²) in [6.07, 6.45) is 0. The number of ether oxygens (including phenoxy) is 2. The number of amides is 1. The average molecular weight is 404 g/mol. The number of fused-ring (bicyclic) bond motifs is 2. The van der Waals surface area contributed by atoms with Crippen LogP contribution in [0.2, 0.25) is 5.02 Å². The van der Waals surface area contributed by atoms with Crippen LogP contribution in [-0.2, 0) is 4.79 Å². The van der Waals surface area contributed by atoms with Gasteiger partial charge in [0.1, 0.15) is 23.9 Å². The molecule has 1 aliphatic rings. The van der Waals surface area contributed by atoms with Gasteiger partial charge in [0.15, 0.2) is 0 Å². The molecule has 5 heteroatoms. The highest BCUT2D eigenvalue weighted by molar-refractivity contribution is 6.32. The van der Waals surface area contributed by atoms with Crippen molar-refractivity contribution in [3.63, 3.8) is 0 Å². The van der Waals surface area contributed by atoms with Crippen molar-refractivity contribution in [1.82, 2.24) is 5.32 Å². The second kappa shape index (κ2) is 8.72. The number of carbonyl (C=O) groups excluding carboxylic acids is 1. The highest BCUT2D eigenvalue weighted by Crippen LogP contribution is 2.43. The van der Waals surface area contributed by atoms with E-state index in [2.05, 4.69) is 17.2 Å². The van der Waals surface area contributed by atoms with Crippen LogP contribution < -0.4 is 14.8 Å². The van der Waals surface area contributed by atoms with Gasteiger partial charge in [0.05, 0.1) is 17.5 Å². The summed E-state index contributed by atoms with van der Waals surface area (Å²) in [4.78, 5) is 12.9. The number of halogens is 1. The number of carbonyl (C=O) groups is 1. The molecule has 3 aromatic rings. The van der Waals surface area contributed by atoms with E-state index in [1.807, 2.05) is 60.7 Å². The molecule has 1 amide bonds. The van der Waals surface area contributed by atoms with Crippen LogP contribution in [0.15, 0.2) is 72.8 Å². The molecule has 0 aromatic heterocycles. The van der Waals surface area contributed by atoms with Crippen molar-refractivity contribution in [3.8, 4) is 29.1 Å². The van der Waals surface area contributed by atoms with E-state index in [0.29, 0.717) is 22.3 Å². The van der Waals surface area contributed by atoms with Crippen LogP contribution in [0, 0.1) is 11.8 Å². The van der Waals surface area contributed by atoms with Crippen LogP contribution in [0.1, 0.15) is 17.0 Å². The minimum absolute atomic E-state index is 0.116. The Morgan fingerprint density at radius 3 is 2.24 bits per heavy atom. The zero-order valence-electron chi connectivity index (χ0n) is 15.5. The van der Waals surface area contributed by atoms with Crippen molar-refractivity contribution in [3.05, 3.63) is 88.9 Å². The maximum Gasteiger partial charge on any atom is 0.233 e. The molecule has 3 aromatic carbocycles. The number of para-hydroxylation sites is 3. The SMILES string of the molecule is O=C(NCC#CCOc1ccccc1Cl)C1c2ccccc2Oc2ccccc21. The third kappa shape index (κ3) is 4.21. The highest BCUT2D eigenvalue weighted by atomic mass is 35.5. The molecular weight excluding hydrogens is 386 g/mol. The summed E-state index contributed by atoms with van der Waals surface area (Å²) in [7, 11) is 0. The first-order valence-corrected chi connectivity index (χ1v) is 9.58. The first-order valence-electron chi connectivity index (χ1n) is 9.20.